The number of aliphatic hydroxyl groups is 1. The van der Waals surface area contributed by atoms with Gasteiger partial charge in [-0.05, 0) is 6.42 Å². The monoisotopic (exact) mass is 160 g/mol. The van der Waals surface area contributed by atoms with Gasteiger partial charge in [0.05, 0.1) is 26.1 Å². The lowest BCUT2D eigenvalue weighted by Crippen LogP contribution is -2.17. The van der Waals surface area contributed by atoms with Crippen LogP contribution in [-0.4, -0.2) is 31.0 Å². The van der Waals surface area contributed by atoms with Crippen LogP contribution in [0.1, 0.15) is 13.3 Å². The standard InChI is InChI=1S/C8H16O3/c1-3-8(11-4-2)7-10-6-5-9/h4,8-9H,2-3,5-7H2,1H3. The molecule has 0 rings (SSSR count). The van der Waals surface area contributed by atoms with E-state index < -0.39 is 0 Å². The Labute approximate surface area is 67.6 Å². The van der Waals surface area contributed by atoms with Crippen molar-refractivity contribution in [3.05, 3.63) is 12.8 Å². The molecule has 0 fully saturated rings. The summed E-state index contributed by atoms with van der Waals surface area (Å²) in [7, 11) is 0. The van der Waals surface area contributed by atoms with Crippen LogP contribution < -0.4 is 0 Å². The number of aliphatic hydroxyl groups excluding tert-OH is 1. The highest BCUT2D eigenvalue weighted by Gasteiger charge is 2.03. The molecule has 0 aromatic rings. The van der Waals surface area contributed by atoms with Crippen molar-refractivity contribution in [1.82, 2.24) is 0 Å². The molecule has 0 spiro atoms. The molecular weight excluding hydrogens is 144 g/mol. The van der Waals surface area contributed by atoms with Gasteiger partial charge in [0.1, 0.15) is 6.10 Å². The lowest BCUT2D eigenvalue weighted by atomic mass is 10.3. The molecule has 1 atom stereocenters. The van der Waals surface area contributed by atoms with Crippen LogP contribution in [0.4, 0.5) is 0 Å². The molecule has 1 unspecified atom stereocenters. The summed E-state index contributed by atoms with van der Waals surface area (Å²) < 4.78 is 10.2. The number of rotatable bonds is 7. The van der Waals surface area contributed by atoms with Crippen molar-refractivity contribution in [2.75, 3.05) is 19.8 Å². The van der Waals surface area contributed by atoms with Crippen molar-refractivity contribution in [3.8, 4) is 0 Å². The molecule has 3 heteroatoms. The predicted octanol–water partition coefficient (Wildman–Crippen LogP) is 0.934. The second-order valence-corrected chi connectivity index (χ2v) is 2.13. The molecule has 0 heterocycles. The van der Waals surface area contributed by atoms with Crippen molar-refractivity contribution in [2.45, 2.75) is 19.4 Å². The SMILES string of the molecule is C=COC(CC)COCCO. The molecule has 0 saturated heterocycles. The van der Waals surface area contributed by atoms with Crippen LogP contribution >= 0.6 is 0 Å². The first-order valence-electron chi connectivity index (χ1n) is 3.80. The third-order valence-corrected chi connectivity index (χ3v) is 1.28. The van der Waals surface area contributed by atoms with Gasteiger partial charge in [-0.1, -0.05) is 13.5 Å². The first kappa shape index (κ1) is 10.5. The van der Waals surface area contributed by atoms with E-state index in [1.54, 1.807) is 0 Å². The van der Waals surface area contributed by atoms with Crippen LogP contribution in [0.3, 0.4) is 0 Å². The van der Waals surface area contributed by atoms with E-state index in [0.29, 0.717) is 13.2 Å². The molecule has 0 bridgehead atoms. The Bertz CT molecular complexity index is 93.3. The Morgan fingerprint density at radius 1 is 1.64 bits per heavy atom. The van der Waals surface area contributed by atoms with Crippen LogP contribution in [0.5, 0.6) is 0 Å². The van der Waals surface area contributed by atoms with Gasteiger partial charge in [0, 0.05) is 0 Å². The molecule has 0 saturated carbocycles. The molecular formula is C8H16O3. The summed E-state index contributed by atoms with van der Waals surface area (Å²) >= 11 is 0. The highest BCUT2D eigenvalue weighted by molar-refractivity contribution is 4.59. The first-order chi connectivity index (χ1) is 5.35. The van der Waals surface area contributed by atoms with Gasteiger partial charge in [0.2, 0.25) is 0 Å². The minimum atomic E-state index is 0.0600. The van der Waals surface area contributed by atoms with Gasteiger partial charge >= 0.3 is 0 Å². The van der Waals surface area contributed by atoms with Crippen LogP contribution in [0.15, 0.2) is 12.8 Å². The molecule has 0 aliphatic carbocycles. The maximum Gasteiger partial charge on any atom is 0.121 e. The van der Waals surface area contributed by atoms with Gasteiger partial charge in [0.15, 0.2) is 0 Å². The molecule has 0 aromatic heterocycles. The van der Waals surface area contributed by atoms with E-state index in [4.69, 9.17) is 14.6 Å². The van der Waals surface area contributed by atoms with Gasteiger partial charge in [-0.15, -0.1) is 0 Å². The maximum absolute atomic E-state index is 8.40. The predicted molar refractivity (Wildman–Crippen MR) is 43.3 cm³/mol. The second-order valence-electron chi connectivity index (χ2n) is 2.13. The van der Waals surface area contributed by atoms with Crippen LogP contribution in [0, 0.1) is 0 Å². The number of hydrogen-bond donors (Lipinski definition) is 1. The van der Waals surface area contributed by atoms with E-state index in [0.717, 1.165) is 6.42 Å². The van der Waals surface area contributed by atoms with Gasteiger partial charge < -0.3 is 14.6 Å². The van der Waals surface area contributed by atoms with Crippen molar-refractivity contribution in [3.63, 3.8) is 0 Å². The highest BCUT2D eigenvalue weighted by Crippen LogP contribution is 1.98. The lowest BCUT2D eigenvalue weighted by molar-refractivity contribution is 0.0127. The Hall–Kier alpha value is -0.540. The van der Waals surface area contributed by atoms with E-state index >= 15 is 0 Å². The number of ether oxygens (including phenoxy) is 2. The summed E-state index contributed by atoms with van der Waals surface area (Å²) in [5.74, 6) is 0. The normalized spacial score (nSPS) is 12.5. The largest absolute Gasteiger partial charge is 0.496 e. The molecule has 66 valence electrons. The Balaban J connectivity index is 3.27. The van der Waals surface area contributed by atoms with E-state index in [-0.39, 0.29) is 12.7 Å². The summed E-state index contributed by atoms with van der Waals surface area (Å²) in [6.45, 7) is 6.41. The third kappa shape index (κ3) is 5.88. The van der Waals surface area contributed by atoms with Gasteiger partial charge in [-0.25, -0.2) is 0 Å². The van der Waals surface area contributed by atoms with Crippen molar-refractivity contribution in [2.24, 2.45) is 0 Å². The van der Waals surface area contributed by atoms with Crippen molar-refractivity contribution >= 4 is 0 Å². The summed E-state index contributed by atoms with van der Waals surface area (Å²) in [6, 6.07) is 0. The van der Waals surface area contributed by atoms with E-state index in [1.807, 2.05) is 6.92 Å². The minimum Gasteiger partial charge on any atom is -0.496 e. The zero-order chi connectivity index (χ0) is 8.53. The van der Waals surface area contributed by atoms with Gasteiger partial charge in [-0.2, -0.15) is 0 Å². The molecule has 1 N–H and O–H groups in total. The van der Waals surface area contributed by atoms with Crippen molar-refractivity contribution in [1.29, 1.82) is 0 Å². The summed E-state index contributed by atoms with van der Waals surface area (Å²) in [5.41, 5.74) is 0. The smallest absolute Gasteiger partial charge is 0.121 e. The van der Waals surface area contributed by atoms with Crippen LogP contribution in [0.2, 0.25) is 0 Å². The third-order valence-electron chi connectivity index (χ3n) is 1.28. The van der Waals surface area contributed by atoms with E-state index in [9.17, 15) is 0 Å². The molecule has 3 nitrogen and oxygen atoms in total. The first-order valence-corrected chi connectivity index (χ1v) is 3.80. The van der Waals surface area contributed by atoms with Gasteiger partial charge in [-0.3, -0.25) is 0 Å². The fourth-order valence-corrected chi connectivity index (χ4v) is 0.669. The fraction of sp³-hybridized carbons (Fsp3) is 0.750. The fourth-order valence-electron chi connectivity index (χ4n) is 0.669. The average molecular weight is 160 g/mol. The molecule has 0 aromatic carbocycles. The summed E-state index contributed by atoms with van der Waals surface area (Å²) in [4.78, 5) is 0. The molecule has 11 heavy (non-hydrogen) atoms. The van der Waals surface area contributed by atoms with E-state index in [1.165, 1.54) is 6.26 Å². The topological polar surface area (TPSA) is 38.7 Å². The van der Waals surface area contributed by atoms with Crippen LogP contribution in [-0.2, 0) is 9.47 Å². The lowest BCUT2D eigenvalue weighted by Gasteiger charge is -2.13. The summed E-state index contributed by atoms with van der Waals surface area (Å²) in [6.07, 6.45) is 2.37. The molecule has 0 aliphatic heterocycles. The summed E-state index contributed by atoms with van der Waals surface area (Å²) in [5, 5.41) is 8.40. The zero-order valence-electron chi connectivity index (χ0n) is 6.95. The maximum atomic E-state index is 8.40. The minimum absolute atomic E-state index is 0.0600. The Morgan fingerprint density at radius 2 is 2.36 bits per heavy atom. The quantitative estimate of drug-likeness (QED) is 0.445. The van der Waals surface area contributed by atoms with E-state index in [2.05, 4.69) is 6.58 Å². The van der Waals surface area contributed by atoms with Gasteiger partial charge in [0.25, 0.3) is 0 Å². The average Bonchev–Trinajstić information content (AvgIpc) is 2.03. The number of hydrogen-bond acceptors (Lipinski definition) is 3. The molecule has 0 amide bonds. The second kappa shape index (κ2) is 7.57. The van der Waals surface area contributed by atoms with Crippen molar-refractivity contribution < 1.29 is 14.6 Å². The highest BCUT2D eigenvalue weighted by atomic mass is 16.5. The zero-order valence-corrected chi connectivity index (χ0v) is 6.95. The molecule has 0 radical (unpaired) electrons. The Morgan fingerprint density at radius 3 is 2.82 bits per heavy atom. The van der Waals surface area contributed by atoms with Crippen LogP contribution in [0.25, 0.3) is 0 Å². The Kier molecular flexibility index (Phi) is 7.19. The molecule has 0 aliphatic rings.